The first kappa shape index (κ1) is 26.9. The predicted octanol–water partition coefficient (Wildman–Crippen LogP) is 7.32. The molecule has 0 radical (unpaired) electrons. The van der Waals surface area contributed by atoms with Crippen molar-refractivity contribution in [2.75, 3.05) is 4.72 Å². The Balaban J connectivity index is 1.60. The van der Waals surface area contributed by atoms with E-state index in [1.54, 1.807) is 6.07 Å². The maximum absolute atomic E-state index is 15.5. The number of fused-ring (bicyclic) bond motifs is 1. The lowest BCUT2D eigenvalue weighted by molar-refractivity contribution is 0.0964. The lowest BCUT2D eigenvalue weighted by atomic mass is 10.0. The predicted molar refractivity (Wildman–Crippen MR) is 147 cm³/mol. The molecule has 4 aromatic rings. The van der Waals surface area contributed by atoms with E-state index in [4.69, 9.17) is 23.2 Å². The highest BCUT2D eigenvalue weighted by atomic mass is 79.9. The number of benzene rings is 2. The van der Waals surface area contributed by atoms with Crippen LogP contribution in [0.3, 0.4) is 0 Å². The fourth-order valence-electron chi connectivity index (χ4n) is 4.51. The van der Waals surface area contributed by atoms with Crippen molar-refractivity contribution in [1.29, 1.82) is 0 Å². The molecule has 2 heterocycles. The molecule has 1 saturated carbocycles. The van der Waals surface area contributed by atoms with Crippen LogP contribution in [0.25, 0.3) is 11.0 Å². The third kappa shape index (κ3) is 4.90. The number of carbonyl (C=O) groups is 2. The van der Waals surface area contributed by atoms with Crippen LogP contribution >= 0.6 is 39.1 Å². The van der Waals surface area contributed by atoms with Crippen LogP contribution in [0.15, 0.2) is 53.3 Å². The first-order chi connectivity index (χ1) is 18.2. The number of nitrogens with zero attached hydrogens (tertiary/aromatic N) is 2. The van der Waals surface area contributed by atoms with Gasteiger partial charge in [-0.2, -0.15) is 0 Å². The molecule has 1 fully saturated rings. The van der Waals surface area contributed by atoms with Crippen LogP contribution in [-0.4, -0.2) is 30.7 Å². The number of aromatic nitrogens is 2. The third-order valence-corrected chi connectivity index (χ3v) is 8.95. The Hall–Kier alpha value is -2.66. The van der Waals surface area contributed by atoms with Gasteiger partial charge in [-0.05, 0) is 59.1 Å². The summed E-state index contributed by atoms with van der Waals surface area (Å²) in [6, 6.07) is 8.11. The Morgan fingerprint density at radius 3 is 2.45 bits per heavy atom. The van der Waals surface area contributed by atoms with E-state index >= 15 is 4.39 Å². The van der Waals surface area contributed by atoms with Crippen LogP contribution in [-0.2, 0) is 11.0 Å². The molecule has 0 saturated heterocycles. The summed E-state index contributed by atoms with van der Waals surface area (Å²) in [7, 11) is -1.60. The zero-order valence-corrected chi connectivity index (χ0v) is 23.4. The molecule has 0 amide bonds. The van der Waals surface area contributed by atoms with Crippen molar-refractivity contribution < 1.29 is 22.6 Å². The summed E-state index contributed by atoms with van der Waals surface area (Å²) in [5.74, 6) is -3.97. The summed E-state index contributed by atoms with van der Waals surface area (Å²) < 4.78 is 47.3. The lowest BCUT2D eigenvalue weighted by Gasteiger charge is -2.14. The molecule has 196 valence electrons. The summed E-state index contributed by atoms with van der Waals surface area (Å²) >= 11 is 15.7. The van der Waals surface area contributed by atoms with Gasteiger partial charge < -0.3 is 4.72 Å². The van der Waals surface area contributed by atoms with Crippen LogP contribution in [0.5, 0.6) is 0 Å². The Morgan fingerprint density at radius 1 is 1.08 bits per heavy atom. The van der Waals surface area contributed by atoms with Crippen molar-refractivity contribution in [3.05, 3.63) is 91.6 Å². The van der Waals surface area contributed by atoms with Crippen LogP contribution in [0.4, 0.5) is 14.5 Å². The second-order valence-corrected chi connectivity index (χ2v) is 12.0. The molecule has 0 bridgehead atoms. The number of nitrogens with one attached hydrogen (secondary N) is 1. The summed E-state index contributed by atoms with van der Waals surface area (Å²) in [4.78, 5) is 31.3. The Bertz CT molecular complexity index is 1620. The van der Waals surface area contributed by atoms with Gasteiger partial charge in [-0.15, -0.1) is 0 Å². The number of ketones is 1. The van der Waals surface area contributed by atoms with Gasteiger partial charge in [0.15, 0.2) is 5.82 Å². The van der Waals surface area contributed by atoms with E-state index in [-0.39, 0.29) is 43.1 Å². The topological polar surface area (TPSA) is 81.1 Å². The molecule has 1 atom stereocenters. The van der Waals surface area contributed by atoms with Gasteiger partial charge in [-0.25, -0.2) is 18.0 Å². The van der Waals surface area contributed by atoms with Gasteiger partial charge in [0.2, 0.25) is 5.78 Å². The SMILES string of the molecule is O=C(c1c(F)ccc(NS(=O)C2CCCC2)c1F)c1cn(C(=O)c2c(Cl)cccc2Cl)c2ncc(Br)cc12. The molecule has 2 aromatic heterocycles. The number of anilines is 1. The van der Waals surface area contributed by atoms with Crippen molar-refractivity contribution in [3.63, 3.8) is 0 Å². The van der Waals surface area contributed by atoms with Crippen LogP contribution < -0.4 is 4.72 Å². The van der Waals surface area contributed by atoms with Crippen molar-refractivity contribution >= 4 is 78.5 Å². The minimum atomic E-state index is -1.60. The first-order valence-corrected chi connectivity index (χ1v) is 14.3. The van der Waals surface area contributed by atoms with E-state index in [2.05, 4.69) is 25.6 Å². The summed E-state index contributed by atoms with van der Waals surface area (Å²) in [6.07, 6.45) is 5.90. The summed E-state index contributed by atoms with van der Waals surface area (Å²) in [6.45, 7) is 0. The molecule has 1 unspecified atom stereocenters. The van der Waals surface area contributed by atoms with E-state index in [0.717, 1.165) is 48.6 Å². The van der Waals surface area contributed by atoms with Crippen molar-refractivity contribution in [3.8, 4) is 0 Å². The Morgan fingerprint density at radius 2 is 1.76 bits per heavy atom. The highest BCUT2D eigenvalue weighted by Gasteiger charge is 2.29. The lowest BCUT2D eigenvalue weighted by Crippen LogP contribution is -2.19. The standard InChI is InChI=1S/C26H18BrCl2F2N3O3S/c27-13-10-15-16(12-34(25(15)32-11-13)26(36)21-17(28)6-3-7-18(21)29)24(35)22-19(30)8-9-20(23(22)31)33-38(37)14-4-1-2-5-14/h3,6-12,14,33H,1-2,4-5H2. The summed E-state index contributed by atoms with van der Waals surface area (Å²) in [5, 5.41) is 0.191. The second kappa shape index (κ2) is 10.8. The van der Waals surface area contributed by atoms with E-state index in [1.807, 2.05) is 0 Å². The fraction of sp³-hybridized carbons (Fsp3) is 0.192. The van der Waals surface area contributed by atoms with Crippen LogP contribution in [0, 0.1) is 11.6 Å². The highest BCUT2D eigenvalue weighted by molar-refractivity contribution is 9.10. The smallest absolute Gasteiger partial charge is 0.266 e. The molecule has 1 aliphatic carbocycles. The molecular weight excluding hydrogens is 623 g/mol. The van der Waals surface area contributed by atoms with Gasteiger partial charge >= 0.3 is 0 Å². The number of rotatable bonds is 6. The zero-order valence-electron chi connectivity index (χ0n) is 19.4. The molecule has 38 heavy (non-hydrogen) atoms. The van der Waals surface area contributed by atoms with E-state index in [0.29, 0.717) is 4.47 Å². The van der Waals surface area contributed by atoms with E-state index in [1.165, 1.54) is 24.4 Å². The Labute approximate surface area is 237 Å². The van der Waals surface area contributed by atoms with Gasteiger partial charge in [-0.3, -0.25) is 14.2 Å². The number of hydrogen-bond donors (Lipinski definition) is 1. The highest BCUT2D eigenvalue weighted by Crippen LogP contribution is 2.32. The second-order valence-electron chi connectivity index (χ2n) is 8.76. The minimum absolute atomic E-state index is 0.0191. The average Bonchev–Trinajstić information content (AvgIpc) is 3.54. The van der Waals surface area contributed by atoms with Gasteiger partial charge in [0.1, 0.15) is 22.5 Å². The molecule has 5 rings (SSSR count). The van der Waals surface area contributed by atoms with Gasteiger partial charge in [0, 0.05) is 22.3 Å². The van der Waals surface area contributed by atoms with Crippen molar-refractivity contribution in [1.82, 2.24) is 9.55 Å². The molecule has 1 aliphatic rings. The van der Waals surface area contributed by atoms with Crippen molar-refractivity contribution in [2.45, 2.75) is 30.9 Å². The molecule has 0 aliphatic heterocycles. The quantitative estimate of drug-likeness (QED) is 0.224. The van der Waals surface area contributed by atoms with Gasteiger partial charge in [0.25, 0.3) is 5.91 Å². The maximum Gasteiger partial charge on any atom is 0.266 e. The van der Waals surface area contributed by atoms with Gasteiger partial charge in [-0.1, -0.05) is 42.1 Å². The number of halogens is 5. The average molecular weight is 641 g/mol. The normalized spacial score (nSPS) is 14.7. The molecule has 6 nitrogen and oxygen atoms in total. The van der Waals surface area contributed by atoms with Gasteiger partial charge in [0.05, 0.1) is 37.7 Å². The number of carbonyl (C=O) groups excluding carboxylic acids is 2. The molecular formula is C26H18BrCl2F2N3O3S. The summed E-state index contributed by atoms with van der Waals surface area (Å²) in [5.41, 5.74) is -1.22. The molecule has 1 N–H and O–H groups in total. The Kier molecular flexibility index (Phi) is 7.68. The molecule has 12 heteroatoms. The van der Waals surface area contributed by atoms with E-state index in [9.17, 15) is 18.2 Å². The largest absolute Gasteiger partial charge is 0.302 e. The monoisotopic (exact) mass is 639 g/mol. The molecule has 2 aromatic carbocycles. The zero-order chi connectivity index (χ0) is 27.1. The minimum Gasteiger partial charge on any atom is -0.302 e. The van der Waals surface area contributed by atoms with E-state index < -0.39 is 39.9 Å². The number of pyridine rings is 1. The van der Waals surface area contributed by atoms with Crippen LogP contribution in [0.2, 0.25) is 10.0 Å². The fourth-order valence-corrected chi connectivity index (χ4v) is 6.70. The number of hydrogen-bond acceptors (Lipinski definition) is 4. The van der Waals surface area contributed by atoms with Crippen molar-refractivity contribution in [2.24, 2.45) is 0 Å². The molecule has 0 spiro atoms. The van der Waals surface area contributed by atoms with Crippen LogP contribution in [0.1, 0.15) is 52.0 Å². The first-order valence-electron chi connectivity index (χ1n) is 11.5. The maximum atomic E-state index is 15.5. The third-order valence-electron chi connectivity index (χ3n) is 6.38.